The first-order valence-electron chi connectivity index (χ1n) is 54.4. The van der Waals surface area contributed by atoms with E-state index in [1.54, 1.807) is 73.2 Å². The van der Waals surface area contributed by atoms with E-state index in [1.807, 2.05) is 26.8 Å². The number of Topliss-reactive ketones (excluding diaryl/α,β-unsaturated/α-hetero) is 4. The van der Waals surface area contributed by atoms with Crippen molar-refractivity contribution in [3.63, 3.8) is 0 Å². The van der Waals surface area contributed by atoms with Crippen molar-refractivity contribution in [1.29, 1.82) is 0 Å². The lowest BCUT2D eigenvalue weighted by molar-refractivity contribution is -0.287. The molecule has 4 aromatic heterocycles. The van der Waals surface area contributed by atoms with Gasteiger partial charge in [-0.25, -0.2) is 17.6 Å². The highest BCUT2D eigenvalue weighted by atomic mass is 19.3. The van der Waals surface area contributed by atoms with E-state index < -0.39 is 169 Å². The Balaban J connectivity index is 0.000000151. The number of fused-ring (bicyclic) bond motifs is 8. The highest BCUT2D eigenvalue weighted by Crippen LogP contribution is 2.59. The number of carbonyl (C=O) groups excluding carboxylic acids is 4. The molecular formula is C113H124F12N4O20. The Morgan fingerprint density at radius 1 is 0.329 bits per heavy atom. The number of rotatable bonds is 36. The number of ether oxygens (including phenoxy) is 8. The minimum absolute atomic E-state index is 0. The van der Waals surface area contributed by atoms with Crippen LogP contribution in [0.4, 0.5) is 52.7 Å². The molecule has 4 fully saturated rings. The van der Waals surface area contributed by atoms with Gasteiger partial charge in [-0.1, -0.05) is 115 Å². The van der Waals surface area contributed by atoms with Crippen molar-refractivity contribution >= 4 is 66.7 Å². The van der Waals surface area contributed by atoms with Crippen molar-refractivity contribution in [1.82, 2.24) is 18.3 Å². The standard InChI is InChI=1S/4C28H30F3NO5.CH4/c4*1-4-26(2,3)24-10-17-9-16(20(29)13-21(17)32(24)14-19(34)15-33)11-25(35)27(7-8-27)18-5-6-22-23(12-18)37-28(30,31)36-22;/h4*5-6,9-10,12-13,19,33-34H,4,7-8,11,14-15H2,1-3H3;1H4/t4*19-;/m1111./s1/i2D3,4D2;15D2;4D2;2D3;/t19-,26?;2m;19-,26?;. The Kier molecular flexibility index (Phi) is 25.4. The summed E-state index contributed by atoms with van der Waals surface area (Å²) in [5.41, 5.74) is -3.47. The predicted octanol–water partition coefficient (Wildman–Crippen LogP) is 20.6. The van der Waals surface area contributed by atoms with E-state index in [1.165, 1.54) is 120 Å². The minimum Gasteiger partial charge on any atom is -0.395 e. The minimum atomic E-state index is -3.81. The zero-order valence-corrected chi connectivity index (χ0v) is 82.3. The summed E-state index contributed by atoms with van der Waals surface area (Å²) in [6.45, 7) is 5.72. The van der Waals surface area contributed by atoms with Crippen LogP contribution < -0.4 is 37.9 Å². The van der Waals surface area contributed by atoms with Crippen LogP contribution in [-0.2, 0) is 114 Å². The van der Waals surface area contributed by atoms with Gasteiger partial charge >= 0.3 is 25.2 Å². The summed E-state index contributed by atoms with van der Waals surface area (Å²) >= 11 is 0. The maximum absolute atomic E-state index is 15.5. The second-order valence-electron chi connectivity index (χ2n) is 40.9. The van der Waals surface area contributed by atoms with Crippen LogP contribution in [0.5, 0.6) is 46.0 Å². The van der Waals surface area contributed by atoms with Crippen LogP contribution in [0.25, 0.3) is 43.6 Å². The zero-order chi connectivity index (χ0) is 117. The molecule has 0 saturated heterocycles. The topological polar surface area (TPSA) is 324 Å². The van der Waals surface area contributed by atoms with Gasteiger partial charge in [-0.2, -0.15) is 0 Å². The number of ketones is 4. The highest BCUT2D eigenvalue weighted by Gasteiger charge is 2.58. The number of halogens is 12. The van der Waals surface area contributed by atoms with Gasteiger partial charge in [0, 0.05) is 105 Å². The molecule has 8 heterocycles. The van der Waals surface area contributed by atoms with Crippen molar-refractivity contribution < 1.29 is 167 Å². The lowest BCUT2D eigenvalue weighted by Gasteiger charge is -2.26. The third-order valence-electron chi connectivity index (χ3n) is 30.1. The molecule has 0 amide bonds. The molecule has 6 atom stereocenters. The van der Waals surface area contributed by atoms with Gasteiger partial charge < -0.3 is 97.0 Å². The lowest BCUT2D eigenvalue weighted by Crippen LogP contribution is -2.26. The summed E-state index contributed by atoms with van der Waals surface area (Å²) in [5, 5.41) is 80.8. The molecule has 2 unspecified atom stereocenters. The third kappa shape index (κ3) is 21.6. The molecule has 8 aliphatic rings. The van der Waals surface area contributed by atoms with Gasteiger partial charge in [0.05, 0.1) is 123 Å². The molecule has 24 nitrogen and oxygen atoms in total. The maximum atomic E-state index is 15.5. The normalized spacial score (nSPS) is 20.4. The smallest absolute Gasteiger partial charge is 0.395 e. The second kappa shape index (κ2) is 40.2. The Hall–Kier alpha value is -12.2. The van der Waals surface area contributed by atoms with Crippen LogP contribution in [0.2, 0.25) is 0 Å². The van der Waals surface area contributed by atoms with Crippen LogP contribution >= 0.6 is 0 Å². The lowest BCUT2D eigenvalue weighted by atomic mass is 9.86. The van der Waals surface area contributed by atoms with E-state index in [0.717, 1.165) is 18.7 Å². The summed E-state index contributed by atoms with van der Waals surface area (Å²) in [7, 11) is 0. The fourth-order valence-electron chi connectivity index (χ4n) is 20.0. The van der Waals surface area contributed by atoms with E-state index >= 15 is 17.6 Å². The van der Waals surface area contributed by atoms with E-state index in [-0.39, 0.29) is 168 Å². The molecule has 0 radical (unpaired) electrons. The van der Waals surface area contributed by atoms with Gasteiger partial charge in [-0.05, 0) is 243 Å². The summed E-state index contributed by atoms with van der Waals surface area (Å²) in [6.07, 6.45) is -20.9. The molecule has 0 bridgehead atoms. The number of aliphatic hydroxyl groups excluding tert-OH is 7. The van der Waals surface area contributed by atoms with Crippen LogP contribution in [0.3, 0.4) is 0 Å². The zero-order valence-electron chi connectivity index (χ0n) is 94.3. The summed E-state index contributed by atoms with van der Waals surface area (Å²) in [6, 6.07) is 34.3. The third-order valence-corrected chi connectivity index (χ3v) is 30.1. The van der Waals surface area contributed by atoms with Crippen molar-refractivity contribution in [3.05, 3.63) is 236 Å². The van der Waals surface area contributed by atoms with Gasteiger partial charge in [0.1, 0.15) is 46.4 Å². The van der Waals surface area contributed by atoms with E-state index in [2.05, 4.69) is 37.9 Å². The van der Waals surface area contributed by atoms with Crippen LogP contribution in [0.15, 0.2) is 146 Å². The fourth-order valence-corrected chi connectivity index (χ4v) is 20.0. The maximum Gasteiger partial charge on any atom is 0.586 e. The van der Waals surface area contributed by atoms with Crippen molar-refractivity contribution in [3.8, 4) is 46.0 Å². The average molecular weight is 2100 g/mol. The quantitative estimate of drug-likeness (QED) is 0.0169. The molecule has 4 saturated carbocycles. The summed E-state index contributed by atoms with van der Waals surface area (Å²) in [4.78, 5) is 53.9. The SMILES string of the molecule is C.[2H]C([2H])(C)C(C)(C)c1cc2cc(CC(=O)C3(c4ccc5c(c4)OC(F)(F)O5)CC3)c(F)cc2n1C[C@@H](O)CO.[2H]C([2H])(O)[C@H](O)Cn1c(C(C)(C)CC)cc2cc(CC(=O)C3(c4ccc5c(c4)OC(F)(F)O5)CC3)c(F)cc21.[2H]C([2H])([2H])C(C)(CC)c1cc2cc(CC(=O)C3(c4ccc5c(c4)OC(F)(F)O5)CC3)c(F)cc2n1C[C@@H](O)CO.[2H]C([2H])([2H])C(C)(c1cc2cc(CC(=O)C3(c4ccc5c(c4)OC(F)(F)O5)CC3)c(F)cc2n1C[C@@H](O)CO)C([2H])([2H])C. The first kappa shape index (κ1) is 94.1. The molecule has 4 aliphatic heterocycles. The van der Waals surface area contributed by atoms with Gasteiger partial charge in [-0.3, -0.25) is 19.2 Å². The van der Waals surface area contributed by atoms with Crippen molar-refractivity contribution in [2.24, 2.45) is 0 Å². The van der Waals surface area contributed by atoms with E-state index in [0.29, 0.717) is 130 Å². The molecule has 36 heteroatoms. The Labute approximate surface area is 869 Å². The van der Waals surface area contributed by atoms with Gasteiger partial charge in [-0.15, -0.1) is 35.1 Å². The van der Waals surface area contributed by atoms with Gasteiger partial charge in [0.15, 0.2) is 46.0 Å². The number of hydrogen-bond acceptors (Lipinski definition) is 20. The van der Waals surface area contributed by atoms with Crippen LogP contribution in [-0.4, -0.2) is 158 Å². The van der Waals surface area contributed by atoms with Gasteiger partial charge in [0.25, 0.3) is 0 Å². The molecule has 20 rings (SSSR count). The first-order chi connectivity index (χ1) is 74.1. The average Bonchev–Trinajstić information content (AvgIpc) is 1.62. The molecule has 8 N–H and O–H groups in total. The number of aromatic nitrogens is 4. The van der Waals surface area contributed by atoms with Crippen LogP contribution in [0.1, 0.15) is 251 Å². The Morgan fingerprint density at radius 3 is 0.765 bits per heavy atom. The van der Waals surface area contributed by atoms with E-state index in [4.69, 9.17) is 16.4 Å². The molecule has 800 valence electrons. The first-order valence-corrected chi connectivity index (χ1v) is 48.4. The number of benzene rings is 8. The summed E-state index contributed by atoms with van der Waals surface area (Å²) < 4.78 is 309. The highest BCUT2D eigenvalue weighted by molar-refractivity contribution is 5.99. The van der Waals surface area contributed by atoms with Gasteiger partial charge in [0.2, 0.25) is 0 Å². The fraction of sp³-hybridized carbons (Fsp3) is 0.469. The second-order valence-corrected chi connectivity index (χ2v) is 40.9. The summed E-state index contributed by atoms with van der Waals surface area (Å²) in [5.74, 6) is -5.06. The number of alkyl halides is 8. The van der Waals surface area contributed by atoms with E-state index in [9.17, 15) is 95.2 Å². The monoisotopic (exact) mass is 2100 g/mol. The Morgan fingerprint density at radius 2 is 0.550 bits per heavy atom. The number of nitrogens with zero attached hydrogens (tertiary/aromatic N) is 4. The number of hydrogen-bond donors (Lipinski definition) is 8. The molecular weight excluding hydrogens is 1960 g/mol. The Bertz CT molecular complexity index is 7740. The molecule has 8 aromatic carbocycles. The largest absolute Gasteiger partial charge is 0.586 e. The van der Waals surface area contributed by atoms with Crippen molar-refractivity contribution in [2.45, 2.75) is 312 Å². The molecule has 4 aliphatic carbocycles. The molecule has 149 heavy (non-hydrogen) atoms. The van der Waals surface area contributed by atoms with Crippen LogP contribution in [0, 0.1) is 23.3 Å². The van der Waals surface area contributed by atoms with Crippen molar-refractivity contribution in [2.75, 3.05) is 26.4 Å². The number of aliphatic hydroxyl groups is 8. The molecule has 12 aromatic rings. The predicted molar refractivity (Wildman–Crippen MR) is 529 cm³/mol. The molecule has 0 spiro atoms. The number of carbonyl (C=O) groups is 4.